The van der Waals surface area contributed by atoms with Gasteiger partial charge in [0.25, 0.3) is 0 Å². The predicted octanol–water partition coefficient (Wildman–Crippen LogP) is 3.48. The van der Waals surface area contributed by atoms with Gasteiger partial charge in [-0.1, -0.05) is 6.08 Å². The molecule has 1 atom stereocenters. The van der Waals surface area contributed by atoms with Crippen LogP contribution in [0.2, 0.25) is 0 Å². The molecule has 2 N–H and O–H groups in total. The third kappa shape index (κ3) is 2.09. The first-order valence-electron chi connectivity index (χ1n) is 10.4. The van der Waals surface area contributed by atoms with Gasteiger partial charge in [0, 0.05) is 17.2 Å². The van der Waals surface area contributed by atoms with Crippen molar-refractivity contribution < 1.29 is 13.9 Å². The molecule has 32 heavy (non-hydrogen) atoms. The molecular weight excluding hydrogens is 406 g/mol. The summed E-state index contributed by atoms with van der Waals surface area (Å²) < 4.78 is 11.1. The lowest BCUT2D eigenvalue weighted by molar-refractivity contribution is -0.121. The van der Waals surface area contributed by atoms with Crippen molar-refractivity contribution >= 4 is 17.2 Å². The van der Waals surface area contributed by atoms with E-state index >= 15 is 0 Å². The summed E-state index contributed by atoms with van der Waals surface area (Å²) >= 11 is 0. The first-order valence-corrected chi connectivity index (χ1v) is 10.4. The summed E-state index contributed by atoms with van der Waals surface area (Å²) in [5, 5.41) is 10.2. The van der Waals surface area contributed by atoms with Gasteiger partial charge in [0.1, 0.15) is 28.7 Å². The summed E-state index contributed by atoms with van der Waals surface area (Å²) in [6, 6.07) is 5.68. The van der Waals surface area contributed by atoms with Crippen LogP contribution in [0.1, 0.15) is 54.3 Å². The quantitative estimate of drug-likeness (QED) is 0.687. The number of allylic oxidation sites excluding steroid dienone is 1. The summed E-state index contributed by atoms with van der Waals surface area (Å²) in [5.74, 6) is -0.129. The lowest BCUT2D eigenvalue weighted by Crippen LogP contribution is -2.54. The molecule has 0 aliphatic carbocycles. The SMILES string of the molecule is CC1=CC(C)(C)N2C(=O)C3(C(C#N)=C(N)Oc4cc(C)oc(=O)c43)c3c(C)c(C)cc1c32. The van der Waals surface area contributed by atoms with Gasteiger partial charge in [0.2, 0.25) is 11.8 Å². The van der Waals surface area contributed by atoms with E-state index in [-0.39, 0.29) is 22.8 Å². The van der Waals surface area contributed by atoms with Crippen molar-refractivity contribution in [2.24, 2.45) is 5.73 Å². The van der Waals surface area contributed by atoms with E-state index in [4.69, 9.17) is 14.9 Å². The van der Waals surface area contributed by atoms with Crippen LogP contribution in [0.25, 0.3) is 5.57 Å². The Morgan fingerprint density at radius 1 is 1.09 bits per heavy atom. The smallest absolute Gasteiger partial charge is 0.344 e. The molecule has 1 spiro atoms. The standard InChI is InChI=1S/C25H23N3O4/c1-11-7-15-12(2)9-24(5,6)28-20(15)18(14(11)4)25(23(28)30)16(10-26)21(27)32-17-8-13(3)31-22(29)19(17)25/h7-9H,27H2,1-6H3. The molecule has 7 heteroatoms. The number of hydrogen-bond acceptors (Lipinski definition) is 6. The highest BCUT2D eigenvalue weighted by molar-refractivity contribution is 6.18. The fourth-order valence-corrected chi connectivity index (χ4v) is 5.58. The lowest BCUT2D eigenvalue weighted by Gasteiger charge is -2.40. The molecule has 3 aliphatic rings. The van der Waals surface area contributed by atoms with Crippen molar-refractivity contribution in [3.8, 4) is 11.8 Å². The van der Waals surface area contributed by atoms with Gasteiger partial charge in [-0.2, -0.15) is 5.26 Å². The highest BCUT2D eigenvalue weighted by Gasteiger charge is 2.64. The molecule has 0 radical (unpaired) electrons. The number of hydrogen-bond donors (Lipinski definition) is 1. The maximum atomic E-state index is 14.5. The van der Waals surface area contributed by atoms with Crippen molar-refractivity contribution in [2.45, 2.75) is 52.5 Å². The Morgan fingerprint density at radius 2 is 1.78 bits per heavy atom. The molecule has 1 amide bonds. The molecule has 1 aromatic heterocycles. The van der Waals surface area contributed by atoms with Gasteiger partial charge in [-0.25, -0.2) is 4.79 Å². The number of anilines is 1. The zero-order valence-corrected chi connectivity index (χ0v) is 18.8. The first kappa shape index (κ1) is 20.1. The van der Waals surface area contributed by atoms with Crippen molar-refractivity contribution in [1.29, 1.82) is 5.26 Å². The number of ether oxygens (including phenoxy) is 1. The Kier molecular flexibility index (Phi) is 3.72. The molecule has 1 unspecified atom stereocenters. The molecule has 5 rings (SSSR count). The van der Waals surface area contributed by atoms with Gasteiger partial charge in [0.15, 0.2) is 5.41 Å². The van der Waals surface area contributed by atoms with Crippen LogP contribution < -0.4 is 21.0 Å². The zero-order chi connectivity index (χ0) is 23.3. The molecule has 3 aliphatic heterocycles. The normalized spacial score (nSPS) is 22.3. The average molecular weight is 429 g/mol. The minimum absolute atomic E-state index is 0.00222. The summed E-state index contributed by atoms with van der Waals surface area (Å²) in [4.78, 5) is 29.5. The van der Waals surface area contributed by atoms with E-state index < -0.39 is 22.5 Å². The van der Waals surface area contributed by atoms with Crippen molar-refractivity contribution in [3.05, 3.63) is 73.7 Å². The molecule has 162 valence electrons. The Balaban J connectivity index is 2.08. The number of fused-ring (bicyclic) bond motifs is 3. The van der Waals surface area contributed by atoms with Crippen molar-refractivity contribution in [1.82, 2.24) is 0 Å². The first-order chi connectivity index (χ1) is 15.0. The van der Waals surface area contributed by atoms with Gasteiger partial charge in [-0.15, -0.1) is 0 Å². The molecule has 0 bridgehead atoms. The zero-order valence-electron chi connectivity index (χ0n) is 18.8. The van der Waals surface area contributed by atoms with Crippen LogP contribution in [0.15, 0.2) is 38.9 Å². The number of amides is 1. The second kappa shape index (κ2) is 5.92. The molecule has 0 fully saturated rings. The van der Waals surface area contributed by atoms with Crippen LogP contribution in [0.3, 0.4) is 0 Å². The van der Waals surface area contributed by atoms with Gasteiger partial charge in [-0.05, 0) is 64.3 Å². The van der Waals surface area contributed by atoms with Gasteiger partial charge < -0.3 is 19.8 Å². The number of benzene rings is 1. The van der Waals surface area contributed by atoms with Crippen molar-refractivity contribution in [2.75, 3.05) is 4.90 Å². The molecule has 4 heterocycles. The van der Waals surface area contributed by atoms with Crippen LogP contribution >= 0.6 is 0 Å². The third-order valence-corrected chi connectivity index (χ3v) is 6.88. The Bertz CT molecular complexity index is 1430. The van der Waals surface area contributed by atoms with E-state index in [1.165, 1.54) is 6.07 Å². The topological polar surface area (TPSA) is 110 Å². The Labute approximate surface area is 185 Å². The third-order valence-electron chi connectivity index (χ3n) is 6.88. The number of rotatable bonds is 0. The fourth-order valence-electron chi connectivity index (χ4n) is 5.58. The van der Waals surface area contributed by atoms with Crippen molar-refractivity contribution in [3.63, 3.8) is 0 Å². The molecule has 7 nitrogen and oxygen atoms in total. The second-order valence-corrected chi connectivity index (χ2v) is 9.30. The van der Waals surface area contributed by atoms with E-state index in [1.54, 1.807) is 11.8 Å². The number of nitrogens with zero attached hydrogens (tertiary/aromatic N) is 2. The fraction of sp³-hybridized carbons (Fsp3) is 0.320. The molecule has 0 saturated carbocycles. The van der Waals surface area contributed by atoms with Gasteiger partial charge in [-0.3, -0.25) is 4.79 Å². The largest absolute Gasteiger partial charge is 0.440 e. The van der Waals surface area contributed by atoms with Crippen LogP contribution in [0.4, 0.5) is 5.69 Å². The number of carbonyl (C=O) groups excluding carboxylic acids is 1. The predicted molar refractivity (Wildman–Crippen MR) is 119 cm³/mol. The highest BCUT2D eigenvalue weighted by atomic mass is 16.5. The minimum Gasteiger partial charge on any atom is -0.440 e. The number of nitriles is 1. The number of aryl methyl sites for hydroxylation is 2. The van der Waals surface area contributed by atoms with Gasteiger partial charge >= 0.3 is 5.63 Å². The van der Waals surface area contributed by atoms with Crippen LogP contribution in [0.5, 0.6) is 5.75 Å². The average Bonchev–Trinajstić information content (AvgIpc) is 2.93. The molecule has 2 aromatic rings. The van der Waals surface area contributed by atoms with E-state index in [2.05, 4.69) is 6.07 Å². The second-order valence-electron chi connectivity index (χ2n) is 9.30. The summed E-state index contributed by atoms with van der Waals surface area (Å²) in [6.07, 6.45) is 2.03. The molecule has 0 saturated heterocycles. The maximum absolute atomic E-state index is 14.5. The van der Waals surface area contributed by atoms with E-state index in [0.717, 1.165) is 22.3 Å². The Hall–Kier alpha value is -3.79. The van der Waals surface area contributed by atoms with E-state index in [0.29, 0.717) is 17.0 Å². The Morgan fingerprint density at radius 3 is 2.44 bits per heavy atom. The molecule has 1 aromatic carbocycles. The maximum Gasteiger partial charge on any atom is 0.344 e. The molecular formula is C25H23N3O4. The van der Waals surface area contributed by atoms with Gasteiger partial charge in [0.05, 0.1) is 11.2 Å². The monoisotopic (exact) mass is 429 g/mol. The summed E-state index contributed by atoms with van der Waals surface area (Å²) in [5.41, 5.74) is 7.96. The summed E-state index contributed by atoms with van der Waals surface area (Å²) in [7, 11) is 0. The van der Waals surface area contributed by atoms with Crippen LogP contribution in [-0.4, -0.2) is 11.4 Å². The highest BCUT2D eigenvalue weighted by Crippen LogP contribution is 2.60. The van der Waals surface area contributed by atoms with E-state index in [9.17, 15) is 14.9 Å². The number of nitrogens with two attached hydrogens (primary N) is 1. The van der Waals surface area contributed by atoms with Crippen LogP contribution in [-0.2, 0) is 10.2 Å². The summed E-state index contributed by atoms with van der Waals surface area (Å²) in [6.45, 7) is 11.4. The van der Waals surface area contributed by atoms with E-state index in [1.807, 2.05) is 46.8 Å². The lowest BCUT2D eigenvalue weighted by atomic mass is 9.67. The van der Waals surface area contributed by atoms with Crippen LogP contribution in [0, 0.1) is 32.1 Å². The minimum atomic E-state index is -1.74. The number of carbonyl (C=O) groups is 1.